The minimum atomic E-state index is -1.32. The first kappa shape index (κ1) is 18.1. The van der Waals surface area contributed by atoms with Crippen molar-refractivity contribution < 1.29 is 24.4 Å². The fraction of sp³-hybridized carbons (Fsp3) is 0.467. The van der Waals surface area contributed by atoms with Crippen molar-refractivity contribution >= 4 is 29.3 Å². The second-order valence-electron chi connectivity index (χ2n) is 5.33. The number of nitro benzene ring substituents is 1. The summed E-state index contributed by atoms with van der Waals surface area (Å²) >= 11 is 1.63. The molecule has 8 nitrogen and oxygen atoms in total. The van der Waals surface area contributed by atoms with E-state index in [1.807, 2.05) is 0 Å². The van der Waals surface area contributed by atoms with Crippen LogP contribution >= 0.6 is 11.8 Å². The molecule has 0 saturated carbocycles. The molecule has 1 heterocycles. The minimum Gasteiger partial charge on any atom is -0.487 e. The molecule has 0 aromatic heterocycles. The summed E-state index contributed by atoms with van der Waals surface area (Å²) in [5, 5.41) is 23.2. The van der Waals surface area contributed by atoms with Gasteiger partial charge >= 0.3 is 11.7 Å². The molecule has 24 heavy (non-hydrogen) atoms. The van der Waals surface area contributed by atoms with Crippen molar-refractivity contribution in [1.82, 2.24) is 5.32 Å². The number of rotatable bonds is 6. The first-order chi connectivity index (χ1) is 11.4. The molecule has 1 saturated heterocycles. The van der Waals surface area contributed by atoms with Gasteiger partial charge in [-0.15, -0.1) is 0 Å². The number of hydrogen-bond donors (Lipinski definition) is 2. The normalized spacial score (nSPS) is 16.2. The van der Waals surface area contributed by atoms with Gasteiger partial charge in [0.05, 0.1) is 11.5 Å². The van der Waals surface area contributed by atoms with Gasteiger partial charge in [0, 0.05) is 11.6 Å². The van der Waals surface area contributed by atoms with E-state index in [1.54, 1.807) is 18.7 Å². The Balaban J connectivity index is 2.27. The number of thioether (sulfide) groups is 1. The smallest absolute Gasteiger partial charge is 0.329 e. The molecule has 1 aromatic carbocycles. The lowest BCUT2D eigenvalue weighted by Gasteiger charge is -2.33. The van der Waals surface area contributed by atoms with Crippen LogP contribution in [0, 0.1) is 10.1 Å². The van der Waals surface area contributed by atoms with Crippen LogP contribution in [0.4, 0.5) is 5.69 Å². The van der Waals surface area contributed by atoms with E-state index in [1.165, 1.54) is 12.1 Å². The lowest BCUT2D eigenvalue weighted by Crippen LogP contribution is -2.56. The Morgan fingerprint density at radius 2 is 2.08 bits per heavy atom. The van der Waals surface area contributed by atoms with Gasteiger partial charge in [-0.05, 0) is 43.4 Å². The summed E-state index contributed by atoms with van der Waals surface area (Å²) in [6.45, 7) is 1.95. The molecule has 0 spiro atoms. The highest BCUT2D eigenvalue weighted by atomic mass is 32.2. The topological polar surface area (TPSA) is 119 Å². The SMILES string of the molecule is CCOc1ccc(C(=O)NC2(C(=O)O)CCSCC2)cc1[N+](=O)[O-]. The number of hydrogen-bond acceptors (Lipinski definition) is 6. The largest absolute Gasteiger partial charge is 0.487 e. The molecule has 130 valence electrons. The van der Waals surface area contributed by atoms with Crippen molar-refractivity contribution in [3.63, 3.8) is 0 Å². The molecular formula is C15H18N2O6S. The zero-order valence-corrected chi connectivity index (χ0v) is 13.9. The Labute approximate surface area is 142 Å². The highest BCUT2D eigenvalue weighted by Crippen LogP contribution is 2.30. The van der Waals surface area contributed by atoms with Crippen LogP contribution in [0.5, 0.6) is 5.75 Å². The summed E-state index contributed by atoms with van der Waals surface area (Å²) < 4.78 is 5.17. The molecule has 1 fully saturated rings. The Morgan fingerprint density at radius 3 is 2.62 bits per heavy atom. The third kappa shape index (κ3) is 3.78. The van der Waals surface area contributed by atoms with Gasteiger partial charge in [0.2, 0.25) is 0 Å². The Morgan fingerprint density at radius 1 is 1.42 bits per heavy atom. The van der Waals surface area contributed by atoms with Gasteiger partial charge in [-0.1, -0.05) is 0 Å². The van der Waals surface area contributed by atoms with E-state index in [0.717, 1.165) is 6.07 Å². The first-order valence-corrected chi connectivity index (χ1v) is 8.60. The van der Waals surface area contributed by atoms with E-state index in [2.05, 4.69) is 5.32 Å². The fourth-order valence-electron chi connectivity index (χ4n) is 2.48. The molecule has 9 heteroatoms. The predicted molar refractivity (Wildman–Crippen MR) is 88.7 cm³/mol. The van der Waals surface area contributed by atoms with E-state index < -0.39 is 22.3 Å². The molecular weight excluding hydrogens is 336 g/mol. The van der Waals surface area contributed by atoms with Crippen LogP contribution in [-0.2, 0) is 4.79 Å². The summed E-state index contributed by atoms with van der Waals surface area (Å²) in [6.07, 6.45) is 0.635. The van der Waals surface area contributed by atoms with Gasteiger partial charge in [-0.2, -0.15) is 11.8 Å². The van der Waals surface area contributed by atoms with Gasteiger partial charge in [-0.3, -0.25) is 14.9 Å². The third-order valence-corrected chi connectivity index (χ3v) is 4.81. The second kappa shape index (κ2) is 7.52. The molecule has 0 radical (unpaired) electrons. The van der Waals surface area contributed by atoms with Gasteiger partial charge in [0.15, 0.2) is 5.75 Å². The number of nitrogens with one attached hydrogen (secondary N) is 1. The number of carboxylic acid groups (broad SMARTS) is 1. The van der Waals surface area contributed by atoms with Crippen molar-refractivity contribution in [2.75, 3.05) is 18.1 Å². The molecule has 1 aliphatic rings. The van der Waals surface area contributed by atoms with Crippen molar-refractivity contribution in [3.05, 3.63) is 33.9 Å². The number of nitro groups is 1. The quantitative estimate of drug-likeness (QED) is 0.593. The number of ether oxygens (including phenoxy) is 1. The van der Waals surface area contributed by atoms with Crippen molar-refractivity contribution in [2.24, 2.45) is 0 Å². The lowest BCUT2D eigenvalue weighted by atomic mass is 9.92. The van der Waals surface area contributed by atoms with Crippen LogP contribution in [0.25, 0.3) is 0 Å². The molecule has 2 N–H and O–H groups in total. The molecule has 0 bridgehead atoms. The zero-order chi connectivity index (χ0) is 17.7. The lowest BCUT2D eigenvalue weighted by molar-refractivity contribution is -0.385. The number of benzene rings is 1. The molecule has 1 aliphatic heterocycles. The number of carbonyl (C=O) groups is 2. The summed E-state index contributed by atoms with van der Waals surface area (Å²) in [7, 11) is 0. The number of aliphatic carboxylic acids is 1. The van der Waals surface area contributed by atoms with E-state index in [-0.39, 0.29) is 23.6 Å². The maximum absolute atomic E-state index is 12.4. The monoisotopic (exact) mass is 354 g/mol. The van der Waals surface area contributed by atoms with E-state index in [9.17, 15) is 24.8 Å². The highest BCUT2D eigenvalue weighted by Gasteiger charge is 2.41. The van der Waals surface area contributed by atoms with Crippen LogP contribution in [-0.4, -0.2) is 45.6 Å². The van der Waals surface area contributed by atoms with Gasteiger partial charge in [-0.25, -0.2) is 4.79 Å². The maximum atomic E-state index is 12.4. The molecule has 1 amide bonds. The Bertz CT molecular complexity index is 657. The van der Waals surface area contributed by atoms with Gasteiger partial charge in [0.1, 0.15) is 5.54 Å². The van der Waals surface area contributed by atoms with E-state index >= 15 is 0 Å². The van der Waals surface area contributed by atoms with Crippen LogP contribution in [0.2, 0.25) is 0 Å². The highest BCUT2D eigenvalue weighted by molar-refractivity contribution is 7.99. The molecule has 0 aliphatic carbocycles. The molecule has 2 rings (SSSR count). The molecule has 1 aromatic rings. The summed E-state index contributed by atoms with van der Waals surface area (Å²) in [5.41, 5.74) is -1.62. The Kier molecular flexibility index (Phi) is 5.66. The number of carbonyl (C=O) groups excluding carboxylic acids is 1. The van der Waals surface area contributed by atoms with Crippen LogP contribution < -0.4 is 10.1 Å². The van der Waals surface area contributed by atoms with Crippen molar-refractivity contribution in [2.45, 2.75) is 25.3 Å². The average Bonchev–Trinajstić information content (AvgIpc) is 2.56. The Hall–Kier alpha value is -2.29. The van der Waals surface area contributed by atoms with E-state index in [0.29, 0.717) is 24.3 Å². The number of amides is 1. The average molecular weight is 354 g/mol. The van der Waals surface area contributed by atoms with Crippen LogP contribution in [0.15, 0.2) is 18.2 Å². The summed E-state index contributed by atoms with van der Waals surface area (Å²) in [5.74, 6) is -0.389. The summed E-state index contributed by atoms with van der Waals surface area (Å²) in [4.78, 5) is 34.5. The number of carboxylic acids is 1. The zero-order valence-electron chi connectivity index (χ0n) is 13.1. The second-order valence-corrected chi connectivity index (χ2v) is 6.55. The van der Waals surface area contributed by atoms with Crippen LogP contribution in [0.3, 0.4) is 0 Å². The van der Waals surface area contributed by atoms with Crippen molar-refractivity contribution in [3.8, 4) is 5.75 Å². The summed E-state index contributed by atoms with van der Waals surface area (Å²) in [6, 6.07) is 3.84. The number of nitrogens with zero attached hydrogens (tertiary/aromatic N) is 1. The fourth-order valence-corrected chi connectivity index (χ4v) is 3.67. The standard InChI is InChI=1S/C15H18N2O6S/c1-2-23-12-4-3-10(9-11(12)17(21)22)13(18)16-15(14(19)20)5-7-24-8-6-15/h3-4,9H,2,5-8H2,1H3,(H,16,18)(H,19,20). The van der Waals surface area contributed by atoms with Crippen molar-refractivity contribution in [1.29, 1.82) is 0 Å². The van der Waals surface area contributed by atoms with Gasteiger partial charge < -0.3 is 15.2 Å². The molecule has 0 atom stereocenters. The van der Waals surface area contributed by atoms with Crippen LogP contribution in [0.1, 0.15) is 30.1 Å². The maximum Gasteiger partial charge on any atom is 0.329 e. The predicted octanol–water partition coefficient (Wildman–Crippen LogP) is 2.07. The molecule has 0 unspecified atom stereocenters. The van der Waals surface area contributed by atoms with Gasteiger partial charge in [0.25, 0.3) is 5.91 Å². The first-order valence-electron chi connectivity index (χ1n) is 7.44. The third-order valence-electron chi connectivity index (χ3n) is 3.83. The minimum absolute atomic E-state index is 0.0315. The van der Waals surface area contributed by atoms with E-state index in [4.69, 9.17) is 4.74 Å².